The number of rotatable bonds is 7. The summed E-state index contributed by atoms with van der Waals surface area (Å²) in [7, 11) is 2.16. The fraction of sp³-hybridized carbons (Fsp3) is 0.588. The van der Waals surface area contributed by atoms with Crippen LogP contribution in [0, 0.1) is 0 Å². The third-order valence-corrected chi connectivity index (χ3v) is 5.05. The summed E-state index contributed by atoms with van der Waals surface area (Å²) >= 11 is 1.53. The Balaban J connectivity index is 1.84. The highest BCUT2D eigenvalue weighted by molar-refractivity contribution is 7.99. The van der Waals surface area contributed by atoms with E-state index in [4.69, 9.17) is 4.74 Å². The maximum atomic E-state index is 12.0. The number of carbonyl (C=O) groups is 1. The van der Waals surface area contributed by atoms with Crippen LogP contribution in [0.1, 0.15) is 6.92 Å². The zero-order valence-electron chi connectivity index (χ0n) is 14.2. The number of ether oxygens (including phenoxy) is 1. The first-order chi connectivity index (χ1) is 11.1. The van der Waals surface area contributed by atoms with Crippen LogP contribution >= 0.6 is 11.8 Å². The van der Waals surface area contributed by atoms with Gasteiger partial charge in [-0.25, -0.2) is 0 Å². The summed E-state index contributed by atoms with van der Waals surface area (Å²) in [6.07, 6.45) is 1.93. The monoisotopic (exact) mass is 337 g/mol. The van der Waals surface area contributed by atoms with Gasteiger partial charge in [0.1, 0.15) is 12.4 Å². The number of anilines is 1. The third-order valence-electron chi connectivity index (χ3n) is 4.13. The van der Waals surface area contributed by atoms with Gasteiger partial charge in [0.2, 0.25) is 5.91 Å². The van der Waals surface area contributed by atoms with E-state index in [0.717, 1.165) is 44.2 Å². The van der Waals surface area contributed by atoms with Crippen molar-refractivity contribution in [2.75, 3.05) is 58.0 Å². The first-order valence-corrected chi connectivity index (χ1v) is 9.35. The van der Waals surface area contributed by atoms with Crippen molar-refractivity contribution in [3.05, 3.63) is 24.3 Å². The van der Waals surface area contributed by atoms with E-state index in [1.807, 2.05) is 37.4 Å². The first-order valence-electron chi connectivity index (χ1n) is 8.06. The molecular weight excluding hydrogens is 310 g/mol. The minimum Gasteiger partial charge on any atom is -0.490 e. The molecule has 0 bridgehead atoms. The highest BCUT2D eigenvalue weighted by atomic mass is 32.2. The van der Waals surface area contributed by atoms with Crippen molar-refractivity contribution in [1.82, 2.24) is 9.80 Å². The lowest BCUT2D eigenvalue weighted by molar-refractivity contribution is -0.115. The maximum Gasteiger partial charge on any atom is 0.237 e. The van der Waals surface area contributed by atoms with E-state index < -0.39 is 0 Å². The summed E-state index contributed by atoms with van der Waals surface area (Å²) in [6, 6.07) is 7.63. The molecule has 0 spiro atoms. The fourth-order valence-electron chi connectivity index (χ4n) is 2.39. The van der Waals surface area contributed by atoms with Crippen LogP contribution in [0.4, 0.5) is 5.69 Å². The van der Waals surface area contributed by atoms with E-state index >= 15 is 0 Å². The van der Waals surface area contributed by atoms with Gasteiger partial charge in [-0.2, -0.15) is 11.8 Å². The van der Waals surface area contributed by atoms with Gasteiger partial charge in [0.05, 0.1) is 10.9 Å². The van der Waals surface area contributed by atoms with Crippen LogP contribution in [0.15, 0.2) is 24.3 Å². The molecule has 1 saturated heterocycles. The van der Waals surface area contributed by atoms with Gasteiger partial charge in [-0.1, -0.05) is 12.1 Å². The Labute approximate surface area is 143 Å². The second-order valence-electron chi connectivity index (χ2n) is 5.86. The van der Waals surface area contributed by atoms with Crippen molar-refractivity contribution in [2.45, 2.75) is 12.2 Å². The lowest BCUT2D eigenvalue weighted by atomic mass is 10.3. The Hall–Kier alpha value is -1.24. The van der Waals surface area contributed by atoms with E-state index in [1.165, 1.54) is 11.8 Å². The van der Waals surface area contributed by atoms with Gasteiger partial charge >= 0.3 is 0 Å². The number of hydrogen-bond acceptors (Lipinski definition) is 5. The molecule has 1 fully saturated rings. The first kappa shape index (κ1) is 18.1. The van der Waals surface area contributed by atoms with Crippen molar-refractivity contribution in [3.63, 3.8) is 0 Å². The molecular formula is C17H27N3O2S. The summed E-state index contributed by atoms with van der Waals surface area (Å²) in [4.78, 5) is 16.8. The van der Waals surface area contributed by atoms with Crippen molar-refractivity contribution < 1.29 is 9.53 Å². The zero-order chi connectivity index (χ0) is 16.7. The van der Waals surface area contributed by atoms with Crippen LogP contribution in [0.25, 0.3) is 0 Å². The van der Waals surface area contributed by atoms with Crippen LogP contribution < -0.4 is 10.1 Å². The molecule has 1 aromatic rings. The topological polar surface area (TPSA) is 44.8 Å². The molecule has 23 heavy (non-hydrogen) atoms. The number of carbonyl (C=O) groups excluding carboxylic acids is 1. The SMILES string of the molecule is CS[C@H](C)C(=O)Nc1ccccc1OCCN1CCN(C)CC1. The summed E-state index contributed by atoms with van der Waals surface area (Å²) < 4.78 is 5.90. The lowest BCUT2D eigenvalue weighted by Crippen LogP contribution is -2.45. The smallest absolute Gasteiger partial charge is 0.237 e. The molecule has 1 aliphatic heterocycles. The molecule has 1 heterocycles. The Bertz CT molecular complexity index is 504. The second kappa shape index (κ2) is 9.15. The molecule has 0 saturated carbocycles. The third kappa shape index (κ3) is 5.71. The van der Waals surface area contributed by atoms with E-state index in [2.05, 4.69) is 22.2 Å². The van der Waals surface area contributed by atoms with Crippen LogP contribution in [-0.4, -0.2) is 73.6 Å². The number of piperazine rings is 1. The Morgan fingerprint density at radius 1 is 1.30 bits per heavy atom. The van der Waals surface area contributed by atoms with Gasteiger partial charge in [-0.3, -0.25) is 9.69 Å². The fourth-order valence-corrected chi connectivity index (χ4v) is 2.67. The van der Waals surface area contributed by atoms with Crippen molar-refractivity contribution in [3.8, 4) is 5.75 Å². The van der Waals surface area contributed by atoms with E-state index in [1.54, 1.807) is 0 Å². The van der Waals surface area contributed by atoms with Crippen LogP contribution in [-0.2, 0) is 4.79 Å². The minimum absolute atomic E-state index is 0.00705. The van der Waals surface area contributed by atoms with E-state index in [0.29, 0.717) is 6.61 Å². The second-order valence-corrected chi connectivity index (χ2v) is 7.04. The number of hydrogen-bond donors (Lipinski definition) is 1. The number of thioether (sulfide) groups is 1. The highest BCUT2D eigenvalue weighted by Crippen LogP contribution is 2.24. The minimum atomic E-state index is -0.0756. The molecule has 5 nitrogen and oxygen atoms in total. The van der Waals surface area contributed by atoms with Gasteiger partial charge in [-0.15, -0.1) is 0 Å². The molecule has 1 amide bonds. The number of likely N-dealkylation sites (N-methyl/N-ethyl adjacent to an activating group) is 1. The molecule has 128 valence electrons. The maximum absolute atomic E-state index is 12.0. The number of nitrogens with one attached hydrogen (secondary N) is 1. The quantitative estimate of drug-likeness (QED) is 0.824. The molecule has 0 unspecified atom stereocenters. The average molecular weight is 337 g/mol. The Morgan fingerprint density at radius 3 is 2.70 bits per heavy atom. The van der Waals surface area contributed by atoms with Crippen LogP contribution in [0.3, 0.4) is 0 Å². The van der Waals surface area contributed by atoms with Gasteiger partial charge in [0.15, 0.2) is 0 Å². The molecule has 1 aromatic carbocycles. The summed E-state index contributed by atoms with van der Waals surface area (Å²) in [5, 5.41) is 2.87. The molecule has 1 aliphatic rings. The number of para-hydroxylation sites is 2. The van der Waals surface area contributed by atoms with Crippen LogP contribution in [0.5, 0.6) is 5.75 Å². The summed E-state index contributed by atoms with van der Waals surface area (Å²) in [5.41, 5.74) is 0.747. The summed E-state index contributed by atoms with van der Waals surface area (Å²) in [6.45, 7) is 7.84. The average Bonchev–Trinajstić information content (AvgIpc) is 2.57. The molecule has 0 aromatic heterocycles. The predicted octanol–water partition coefficient (Wildman–Crippen LogP) is 2.00. The standard InChI is InChI=1S/C17H27N3O2S/c1-14(23-3)17(21)18-15-6-4-5-7-16(15)22-13-12-20-10-8-19(2)9-11-20/h4-7,14H,8-13H2,1-3H3,(H,18,21)/t14-/m1/s1. The number of benzene rings is 1. The molecule has 1 atom stereocenters. The Kier molecular flexibility index (Phi) is 7.20. The highest BCUT2D eigenvalue weighted by Gasteiger charge is 2.15. The Morgan fingerprint density at radius 2 is 2.00 bits per heavy atom. The number of amides is 1. The number of nitrogens with zero attached hydrogens (tertiary/aromatic N) is 2. The van der Waals surface area contributed by atoms with E-state index in [9.17, 15) is 4.79 Å². The van der Waals surface area contributed by atoms with Crippen LogP contribution in [0.2, 0.25) is 0 Å². The molecule has 6 heteroatoms. The molecule has 2 rings (SSSR count). The molecule has 0 radical (unpaired) electrons. The largest absolute Gasteiger partial charge is 0.490 e. The predicted molar refractivity (Wildman–Crippen MR) is 97.5 cm³/mol. The lowest BCUT2D eigenvalue weighted by Gasteiger charge is -2.32. The van der Waals surface area contributed by atoms with Crippen molar-refractivity contribution in [1.29, 1.82) is 0 Å². The zero-order valence-corrected chi connectivity index (χ0v) is 15.1. The normalized spacial score (nSPS) is 17.7. The van der Waals surface area contributed by atoms with Crippen molar-refractivity contribution >= 4 is 23.4 Å². The molecule has 1 N–H and O–H groups in total. The van der Waals surface area contributed by atoms with Gasteiger partial charge in [-0.05, 0) is 32.4 Å². The van der Waals surface area contributed by atoms with E-state index in [-0.39, 0.29) is 11.2 Å². The summed E-state index contributed by atoms with van der Waals surface area (Å²) in [5.74, 6) is 0.746. The van der Waals surface area contributed by atoms with Gasteiger partial charge in [0, 0.05) is 32.7 Å². The van der Waals surface area contributed by atoms with Gasteiger partial charge in [0.25, 0.3) is 0 Å². The van der Waals surface area contributed by atoms with Gasteiger partial charge < -0.3 is 15.0 Å². The van der Waals surface area contributed by atoms with Crippen molar-refractivity contribution in [2.24, 2.45) is 0 Å². The molecule has 0 aliphatic carbocycles.